The van der Waals surface area contributed by atoms with Crippen LogP contribution < -0.4 is 5.32 Å². The maximum atomic E-state index is 13.0. The lowest BCUT2D eigenvalue weighted by Crippen LogP contribution is -2.50. The molecule has 2 fully saturated rings. The van der Waals surface area contributed by atoms with Gasteiger partial charge in [-0.05, 0) is 31.7 Å². The molecule has 0 saturated carbocycles. The first-order valence-corrected chi connectivity index (χ1v) is 11.4. The molecule has 2 aromatic heterocycles. The zero-order valence-electron chi connectivity index (χ0n) is 17.1. The van der Waals surface area contributed by atoms with Crippen molar-refractivity contribution in [1.82, 2.24) is 19.6 Å². The highest BCUT2D eigenvalue weighted by Gasteiger charge is 2.42. The van der Waals surface area contributed by atoms with Gasteiger partial charge in [-0.1, -0.05) is 30.3 Å². The molecule has 4 heterocycles. The summed E-state index contributed by atoms with van der Waals surface area (Å²) in [5.41, 5.74) is 2.18. The van der Waals surface area contributed by atoms with E-state index in [9.17, 15) is 9.59 Å². The number of hydrogen-bond donors (Lipinski definition) is 1. The fraction of sp³-hybridized carbons (Fsp3) is 0.435. The van der Waals surface area contributed by atoms with Crippen LogP contribution in [0.2, 0.25) is 0 Å². The van der Waals surface area contributed by atoms with Crippen LogP contribution in [0.4, 0.5) is 0 Å². The van der Waals surface area contributed by atoms with Gasteiger partial charge in [0.25, 0.3) is 0 Å². The predicted molar refractivity (Wildman–Crippen MR) is 117 cm³/mol. The molecular weight excluding hydrogens is 396 g/mol. The van der Waals surface area contributed by atoms with Crippen molar-refractivity contribution in [3.05, 3.63) is 58.9 Å². The minimum absolute atomic E-state index is 0.0516. The highest BCUT2D eigenvalue weighted by atomic mass is 32.1. The fourth-order valence-corrected chi connectivity index (χ4v) is 5.71. The van der Waals surface area contributed by atoms with E-state index in [4.69, 9.17) is 4.98 Å². The largest absolute Gasteiger partial charge is 0.355 e. The molecule has 1 atom stereocenters. The SMILES string of the molecule is Cc1cn2cc(C3(c4ccccc4)CCN(C(=O)C4CCC(=O)NC4)CC3)nc2s1. The van der Waals surface area contributed by atoms with E-state index in [1.165, 1.54) is 10.4 Å². The molecule has 6 nitrogen and oxygen atoms in total. The monoisotopic (exact) mass is 422 g/mol. The summed E-state index contributed by atoms with van der Waals surface area (Å²) >= 11 is 1.71. The average molecular weight is 423 g/mol. The number of carbonyl (C=O) groups excluding carboxylic acids is 2. The van der Waals surface area contributed by atoms with Crippen LogP contribution in [-0.4, -0.2) is 45.7 Å². The van der Waals surface area contributed by atoms with Gasteiger partial charge in [-0.25, -0.2) is 4.98 Å². The number of amides is 2. The van der Waals surface area contributed by atoms with Crippen molar-refractivity contribution in [3.63, 3.8) is 0 Å². The van der Waals surface area contributed by atoms with Gasteiger partial charge in [-0.3, -0.25) is 14.0 Å². The Hall–Kier alpha value is -2.67. The van der Waals surface area contributed by atoms with Gasteiger partial charge in [-0.15, -0.1) is 11.3 Å². The van der Waals surface area contributed by atoms with Gasteiger partial charge in [0.05, 0.1) is 11.6 Å². The first kappa shape index (κ1) is 19.3. The predicted octanol–water partition coefficient (Wildman–Crippen LogP) is 3.14. The minimum atomic E-state index is -0.182. The second-order valence-corrected chi connectivity index (χ2v) is 9.68. The average Bonchev–Trinajstić information content (AvgIpc) is 3.32. The van der Waals surface area contributed by atoms with Crippen molar-refractivity contribution in [3.8, 4) is 0 Å². The van der Waals surface area contributed by atoms with Crippen LogP contribution in [0.25, 0.3) is 4.96 Å². The third kappa shape index (κ3) is 3.31. The summed E-state index contributed by atoms with van der Waals surface area (Å²) in [6.45, 7) is 3.99. The van der Waals surface area contributed by atoms with Crippen LogP contribution in [0.3, 0.4) is 0 Å². The Bertz CT molecular complexity index is 1040. The van der Waals surface area contributed by atoms with E-state index in [-0.39, 0.29) is 23.1 Å². The van der Waals surface area contributed by atoms with E-state index in [0.29, 0.717) is 32.5 Å². The number of hydrogen-bond acceptors (Lipinski definition) is 4. The van der Waals surface area contributed by atoms with Gasteiger partial charge in [-0.2, -0.15) is 0 Å². The number of aryl methyl sites for hydroxylation is 1. The number of carbonyl (C=O) groups is 2. The molecule has 5 rings (SSSR count). The van der Waals surface area contributed by atoms with E-state index < -0.39 is 0 Å². The molecule has 1 aromatic carbocycles. The Morgan fingerprint density at radius 1 is 1.20 bits per heavy atom. The summed E-state index contributed by atoms with van der Waals surface area (Å²) in [6, 6.07) is 10.6. The van der Waals surface area contributed by atoms with Crippen LogP contribution in [0.15, 0.2) is 42.7 Å². The molecule has 1 N–H and O–H groups in total. The highest BCUT2D eigenvalue weighted by Crippen LogP contribution is 2.42. The first-order valence-electron chi connectivity index (χ1n) is 10.6. The smallest absolute Gasteiger partial charge is 0.227 e. The van der Waals surface area contributed by atoms with Gasteiger partial charge in [0.2, 0.25) is 11.8 Å². The number of rotatable bonds is 3. The van der Waals surface area contributed by atoms with Crippen molar-refractivity contribution in [2.24, 2.45) is 5.92 Å². The van der Waals surface area contributed by atoms with Crippen molar-refractivity contribution < 1.29 is 9.59 Å². The van der Waals surface area contributed by atoms with Crippen molar-refractivity contribution >= 4 is 28.1 Å². The van der Waals surface area contributed by atoms with Gasteiger partial charge >= 0.3 is 0 Å². The number of likely N-dealkylation sites (tertiary alicyclic amines) is 1. The van der Waals surface area contributed by atoms with Crippen LogP contribution in [0.1, 0.15) is 41.8 Å². The molecule has 2 aliphatic heterocycles. The van der Waals surface area contributed by atoms with Gasteiger partial charge < -0.3 is 10.2 Å². The maximum absolute atomic E-state index is 13.0. The van der Waals surface area contributed by atoms with Crippen LogP contribution in [-0.2, 0) is 15.0 Å². The Kier molecular flexibility index (Phi) is 4.85. The summed E-state index contributed by atoms with van der Waals surface area (Å²) in [4.78, 5) is 33.7. The van der Waals surface area contributed by atoms with Crippen LogP contribution in [0, 0.1) is 12.8 Å². The molecule has 2 amide bonds. The van der Waals surface area contributed by atoms with Crippen molar-refractivity contribution in [1.29, 1.82) is 0 Å². The molecule has 7 heteroatoms. The topological polar surface area (TPSA) is 66.7 Å². The quantitative estimate of drug-likeness (QED) is 0.705. The Labute approximate surface area is 179 Å². The van der Waals surface area contributed by atoms with E-state index in [0.717, 1.165) is 23.5 Å². The van der Waals surface area contributed by atoms with Gasteiger partial charge in [0.15, 0.2) is 4.96 Å². The zero-order valence-corrected chi connectivity index (χ0v) is 18.0. The molecule has 30 heavy (non-hydrogen) atoms. The number of imidazole rings is 1. The molecular formula is C23H26N4O2S. The molecule has 3 aromatic rings. The van der Waals surface area contributed by atoms with E-state index in [1.807, 2.05) is 11.0 Å². The maximum Gasteiger partial charge on any atom is 0.227 e. The fourth-order valence-electron chi connectivity index (χ4n) is 4.90. The van der Waals surface area contributed by atoms with Crippen molar-refractivity contribution in [2.45, 2.75) is 38.0 Å². The van der Waals surface area contributed by atoms with Crippen molar-refractivity contribution in [2.75, 3.05) is 19.6 Å². The molecule has 0 spiro atoms. The van der Waals surface area contributed by atoms with E-state index in [1.54, 1.807) is 11.3 Å². The lowest BCUT2D eigenvalue weighted by molar-refractivity contribution is -0.138. The third-order valence-electron chi connectivity index (χ3n) is 6.63. The molecule has 0 aliphatic carbocycles. The summed E-state index contributed by atoms with van der Waals surface area (Å²) in [7, 11) is 0. The summed E-state index contributed by atoms with van der Waals surface area (Å²) in [6.07, 6.45) is 7.10. The second kappa shape index (κ2) is 7.54. The zero-order chi connectivity index (χ0) is 20.7. The number of piperidine rings is 2. The van der Waals surface area contributed by atoms with E-state index >= 15 is 0 Å². The number of fused-ring (bicyclic) bond motifs is 1. The van der Waals surface area contributed by atoms with Crippen LogP contribution >= 0.6 is 11.3 Å². The summed E-state index contributed by atoms with van der Waals surface area (Å²) in [5, 5.41) is 2.84. The standard InChI is InChI=1S/C23H26N4O2S/c1-16-14-27-15-19(25-22(27)30-16)23(18-5-3-2-4-6-18)9-11-26(12-10-23)21(29)17-7-8-20(28)24-13-17/h2-6,14-15,17H,7-13H2,1H3,(H,24,28). The third-order valence-corrected chi connectivity index (χ3v) is 7.54. The summed E-state index contributed by atoms with van der Waals surface area (Å²) < 4.78 is 2.13. The Balaban J connectivity index is 1.41. The second-order valence-electron chi connectivity index (χ2n) is 8.47. The minimum Gasteiger partial charge on any atom is -0.355 e. The molecule has 0 bridgehead atoms. The lowest BCUT2D eigenvalue weighted by Gasteiger charge is -2.42. The number of benzene rings is 1. The molecule has 156 valence electrons. The lowest BCUT2D eigenvalue weighted by atomic mass is 9.70. The molecule has 2 saturated heterocycles. The van der Waals surface area contributed by atoms with Crippen LogP contribution in [0.5, 0.6) is 0 Å². The molecule has 0 radical (unpaired) electrons. The van der Waals surface area contributed by atoms with Gasteiger partial charge in [0, 0.05) is 48.7 Å². The van der Waals surface area contributed by atoms with Gasteiger partial charge in [0.1, 0.15) is 0 Å². The van der Waals surface area contributed by atoms with E-state index in [2.05, 4.69) is 53.3 Å². The number of nitrogens with zero attached hydrogens (tertiary/aromatic N) is 3. The highest BCUT2D eigenvalue weighted by molar-refractivity contribution is 7.16. The normalized spacial score (nSPS) is 21.6. The number of thiazole rings is 1. The number of nitrogens with one attached hydrogen (secondary N) is 1. The Morgan fingerprint density at radius 3 is 2.63 bits per heavy atom. The summed E-state index contributed by atoms with van der Waals surface area (Å²) in [5.74, 6) is 0.140. The molecule has 1 unspecified atom stereocenters. The molecule has 2 aliphatic rings. The first-order chi connectivity index (χ1) is 14.5. The number of aromatic nitrogens is 2. The Morgan fingerprint density at radius 2 is 1.97 bits per heavy atom.